The van der Waals surface area contributed by atoms with E-state index in [9.17, 15) is 4.79 Å². The number of amides is 1. The monoisotopic (exact) mass is 291 g/mol. The first kappa shape index (κ1) is 12.1. The molecule has 0 atom stereocenters. The van der Waals surface area contributed by atoms with E-state index >= 15 is 0 Å². The Labute approximate surface area is 109 Å². The van der Waals surface area contributed by atoms with Crippen molar-refractivity contribution < 1.29 is 4.79 Å². The Morgan fingerprint density at radius 2 is 1.88 bits per heavy atom. The van der Waals surface area contributed by atoms with Gasteiger partial charge in [0.15, 0.2) is 0 Å². The number of alkyl halides is 1. The van der Waals surface area contributed by atoms with Crippen LogP contribution in [0.4, 0.5) is 0 Å². The maximum atomic E-state index is 12.3. The first-order valence-corrected chi connectivity index (χ1v) is 6.65. The molecular weight excluding hydrogens is 278 g/mol. The Morgan fingerprint density at radius 1 is 1.18 bits per heavy atom. The van der Waals surface area contributed by atoms with Crippen molar-refractivity contribution >= 4 is 32.6 Å². The third-order valence-corrected chi connectivity index (χ3v) is 3.14. The fraction of sp³-hybridized carbons (Fsp3) is 0.214. The van der Waals surface area contributed by atoms with Crippen LogP contribution in [0.25, 0.3) is 10.8 Å². The summed E-state index contributed by atoms with van der Waals surface area (Å²) < 4.78 is 0. The van der Waals surface area contributed by atoms with E-state index < -0.39 is 0 Å². The number of nitrogens with zero attached hydrogens (tertiary/aromatic N) is 1. The van der Waals surface area contributed by atoms with Gasteiger partial charge in [0.05, 0.1) is 0 Å². The molecule has 0 aromatic heterocycles. The molecule has 0 bridgehead atoms. The van der Waals surface area contributed by atoms with Crippen LogP contribution in [-0.2, 0) is 0 Å². The SMILES string of the molecule is CN(CCBr)C(=O)c1cccc2ccccc12. The average molecular weight is 292 g/mol. The van der Waals surface area contributed by atoms with Crippen LogP contribution in [0.5, 0.6) is 0 Å². The van der Waals surface area contributed by atoms with Crippen molar-refractivity contribution in [3.05, 3.63) is 48.0 Å². The quantitative estimate of drug-likeness (QED) is 0.795. The maximum Gasteiger partial charge on any atom is 0.254 e. The van der Waals surface area contributed by atoms with Gasteiger partial charge in [0.1, 0.15) is 0 Å². The zero-order valence-corrected chi connectivity index (χ0v) is 11.3. The summed E-state index contributed by atoms with van der Waals surface area (Å²) >= 11 is 3.35. The minimum atomic E-state index is 0.0706. The molecule has 0 radical (unpaired) electrons. The lowest BCUT2D eigenvalue weighted by Gasteiger charge is -2.16. The molecule has 0 saturated carbocycles. The number of carbonyl (C=O) groups is 1. The summed E-state index contributed by atoms with van der Waals surface area (Å²) in [6.07, 6.45) is 0. The summed E-state index contributed by atoms with van der Waals surface area (Å²) in [6.45, 7) is 0.710. The van der Waals surface area contributed by atoms with Crippen LogP contribution in [0.15, 0.2) is 42.5 Å². The first-order chi connectivity index (χ1) is 8.24. The van der Waals surface area contributed by atoms with Crippen LogP contribution >= 0.6 is 15.9 Å². The van der Waals surface area contributed by atoms with Gasteiger partial charge in [-0.2, -0.15) is 0 Å². The number of hydrogen-bond acceptors (Lipinski definition) is 1. The first-order valence-electron chi connectivity index (χ1n) is 5.53. The fourth-order valence-electron chi connectivity index (χ4n) is 1.85. The number of fused-ring (bicyclic) bond motifs is 1. The summed E-state index contributed by atoms with van der Waals surface area (Å²) in [4.78, 5) is 14.0. The molecule has 0 spiro atoms. The van der Waals surface area contributed by atoms with Gasteiger partial charge >= 0.3 is 0 Å². The van der Waals surface area contributed by atoms with Gasteiger partial charge in [0.25, 0.3) is 5.91 Å². The molecule has 2 aromatic carbocycles. The average Bonchev–Trinajstić information content (AvgIpc) is 2.37. The summed E-state index contributed by atoms with van der Waals surface area (Å²) in [6, 6.07) is 13.8. The topological polar surface area (TPSA) is 20.3 Å². The van der Waals surface area contributed by atoms with E-state index in [0.717, 1.165) is 21.7 Å². The van der Waals surface area contributed by atoms with Gasteiger partial charge < -0.3 is 4.90 Å². The normalized spacial score (nSPS) is 10.5. The number of hydrogen-bond donors (Lipinski definition) is 0. The van der Waals surface area contributed by atoms with Crippen molar-refractivity contribution in [1.82, 2.24) is 4.90 Å². The third-order valence-electron chi connectivity index (χ3n) is 2.79. The zero-order valence-electron chi connectivity index (χ0n) is 9.69. The molecule has 0 heterocycles. The second-order valence-electron chi connectivity index (χ2n) is 3.94. The second kappa shape index (κ2) is 5.32. The molecule has 0 unspecified atom stereocenters. The summed E-state index contributed by atoms with van der Waals surface area (Å²) in [5, 5.41) is 2.91. The molecule has 0 aliphatic heterocycles. The number of carbonyl (C=O) groups excluding carboxylic acids is 1. The number of rotatable bonds is 3. The smallest absolute Gasteiger partial charge is 0.254 e. The van der Waals surface area contributed by atoms with Crippen LogP contribution in [0.2, 0.25) is 0 Å². The largest absolute Gasteiger partial charge is 0.341 e. The van der Waals surface area contributed by atoms with Crippen LogP contribution in [0.3, 0.4) is 0 Å². The number of benzene rings is 2. The molecule has 17 heavy (non-hydrogen) atoms. The molecule has 88 valence electrons. The summed E-state index contributed by atoms with van der Waals surface area (Å²) in [5.41, 5.74) is 0.770. The van der Waals surface area contributed by atoms with Crippen LogP contribution < -0.4 is 0 Å². The standard InChI is InChI=1S/C14H14BrNO/c1-16(10-9-15)14(17)13-8-4-6-11-5-2-3-7-12(11)13/h2-8H,9-10H2,1H3. The summed E-state index contributed by atoms with van der Waals surface area (Å²) in [7, 11) is 1.82. The molecule has 2 nitrogen and oxygen atoms in total. The van der Waals surface area contributed by atoms with Crippen molar-refractivity contribution in [3.63, 3.8) is 0 Å². The fourth-order valence-corrected chi connectivity index (χ4v) is 2.38. The Kier molecular flexibility index (Phi) is 3.79. The minimum Gasteiger partial charge on any atom is -0.341 e. The number of halogens is 1. The van der Waals surface area contributed by atoms with Gasteiger partial charge in [-0.25, -0.2) is 0 Å². The van der Waals surface area contributed by atoms with Crippen LogP contribution in [0.1, 0.15) is 10.4 Å². The summed E-state index contributed by atoms with van der Waals surface area (Å²) in [5.74, 6) is 0.0706. The van der Waals surface area contributed by atoms with Crippen molar-refractivity contribution in [2.75, 3.05) is 18.9 Å². The zero-order chi connectivity index (χ0) is 12.3. The van der Waals surface area contributed by atoms with Crippen molar-refractivity contribution in [1.29, 1.82) is 0 Å². The van der Waals surface area contributed by atoms with Gasteiger partial charge in [-0.1, -0.05) is 52.3 Å². The van der Waals surface area contributed by atoms with Gasteiger partial charge in [-0.15, -0.1) is 0 Å². The highest BCUT2D eigenvalue weighted by molar-refractivity contribution is 9.09. The third kappa shape index (κ3) is 2.50. The van der Waals surface area contributed by atoms with E-state index in [2.05, 4.69) is 15.9 Å². The molecular formula is C14H14BrNO. The van der Waals surface area contributed by atoms with Gasteiger partial charge in [-0.3, -0.25) is 4.79 Å². The second-order valence-corrected chi connectivity index (χ2v) is 4.74. The predicted octanol–water partition coefficient (Wildman–Crippen LogP) is 3.31. The molecule has 0 aliphatic carbocycles. The molecule has 0 saturated heterocycles. The molecule has 0 fully saturated rings. The predicted molar refractivity (Wildman–Crippen MR) is 74.7 cm³/mol. The van der Waals surface area contributed by atoms with Gasteiger partial charge in [-0.05, 0) is 16.8 Å². The lowest BCUT2D eigenvalue weighted by molar-refractivity contribution is 0.0806. The van der Waals surface area contributed by atoms with Crippen molar-refractivity contribution in [2.24, 2.45) is 0 Å². The highest BCUT2D eigenvalue weighted by Gasteiger charge is 2.13. The van der Waals surface area contributed by atoms with Crippen molar-refractivity contribution in [3.8, 4) is 0 Å². The van der Waals surface area contributed by atoms with Crippen LogP contribution in [-0.4, -0.2) is 29.7 Å². The molecule has 2 aromatic rings. The van der Waals surface area contributed by atoms with E-state index in [1.54, 1.807) is 4.90 Å². The Morgan fingerprint density at radius 3 is 2.65 bits per heavy atom. The van der Waals surface area contributed by atoms with E-state index in [4.69, 9.17) is 0 Å². The van der Waals surface area contributed by atoms with Gasteiger partial charge in [0.2, 0.25) is 0 Å². The van der Waals surface area contributed by atoms with E-state index in [0.29, 0.717) is 6.54 Å². The maximum absolute atomic E-state index is 12.3. The Hall–Kier alpha value is -1.35. The van der Waals surface area contributed by atoms with E-state index in [1.165, 1.54) is 0 Å². The highest BCUT2D eigenvalue weighted by atomic mass is 79.9. The Bertz CT molecular complexity index is 533. The molecule has 3 heteroatoms. The van der Waals surface area contributed by atoms with E-state index in [-0.39, 0.29) is 5.91 Å². The molecule has 2 rings (SSSR count). The van der Waals surface area contributed by atoms with Crippen molar-refractivity contribution in [2.45, 2.75) is 0 Å². The van der Waals surface area contributed by atoms with Gasteiger partial charge in [0, 0.05) is 24.5 Å². The Balaban J connectivity index is 2.45. The van der Waals surface area contributed by atoms with E-state index in [1.807, 2.05) is 49.5 Å². The lowest BCUT2D eigenvalue weighted by atomic mass is 10.0. The molecule has 0 aliphatic rings. The molecule has 0 N–H and O–H groups in total. The molecule has 1 amide bonds. The minimum absolute atomic E-state index is 0.0706. The lowest BCUT2D eigenvalue weighted by Crippen LogP contribution is -2.28. The van der Waals surface area contributed by atoms with Crippen LogP contribution in [0, 0.1) is 0 Å². The highest BCUT2D eigenvalue weighted by Crippen LogP contribution is 2.19.